The highest BCUT2D eigenvalue weighted by Crippen LogP contribution is 2.35. The third-order valence-electron chi connectivity index (χ3n) is 3.10. The number of aromatic nitrogens is 2. The first-order valence-corrected chi connectivity index (χ1v) is 6.65. The highest BCUT2D eigenvalue weighted by atomic mass is 16.5. The Labute approximate surface area is 120 Å². The van der Waals surface area contributed by atoms with Gasteiger partial charge in [-0.05, 0) is 30.9 Å². The fraction of sp³-hybridized carbons (Fsp3) is 0.375. The molecule has 0 bridgehead atoms. The fourth-order valence-corrected chi connectivity index (χ4v) is 1.98. The fourth-order valence-electron chi connectivity index (χ4n) is 1.98. The molecule has 1 heterocycles. The van der Waals surface area contributed by atoms with Crippen molar-refractivity contribution in [1.82, 2.24) is 9.97 Å². The van der Waals surface area contributed by atoms with Crippen LogP contribution < -0.4 is 10.5 Å². The minimum atomic E-state index is -0.00445. The zero-order valence-electron chi connectivity index (χ0n) is 12.7. The molecule has 106 valence electrons. The molecule has 0 saturated carbocycles. The minimum Gasteiger partial charge on any atom is -0.438 e. The molecule has 4 heteroatoms. The van der Waals surface area contributed by atoms with Crippen LogP contribution in [0.3, 0.4) is 0 Å². The summed E-state index contributed by atoms with van der Waals surface area (Å²) in [6, 6.07) is 6.22. The first kappa shape index (κ1) is 14.3. The molecular formula is C16H21N3O. The van der Waals surface area contributed by atoms with E-state index in [4.69, 9.17) is 10.5 Å². The standard InChI is InChI=1S/C16H21N3O/c1-10-6-7-12(16(3,4)5)13(8-10)20-14-11(2)9-18-15(17)19-14/h6-9H,1-5H3,(H2,17,18,19). The van der Waals surface area contributed by atoms with Crippen LogP contribution in [0.25, 0.3) is 0 Å². The molecular weight excluding hydrogens is 250 g/mol. The van der Waals surface area contributed by atoms with Crippen LogP contribution in [0.4, 0.5) is 5.95 Å². The second kappa shape index (κ2) is 5.12. The zero-order valence-corrected chi connectivity index (χ0v) is 12.7. The third-order valence-corrected chi connectivity index (χ3v) is 3.10. The topological polar surface area (TPSA) is 61.0 Å². The molecule has 2 N–H and O–H groups in total. The molecule has 2 rings (SSSR count). The van der Waals surface area contributed by atoms with E-state index in [1.165, 1.54) is 0 Å². The number of hydrogen-bond acceptors (Lipinski definition) is 4. The highest BCUT2D eigenvalue weighted by molar-refractivity contribution is 5.44. The Balaban J connectivity index is 2.47. The van der Waals surface area contributed by atoms with E-state index in [0.29, 0.717) is 5.88 Å². The Hall–Kier alpha value is -2.10. The molecule has 0 spiro atoms. The van der Waals surface area contributed by atoms with Crippen molar-refractivity contribution in [3.8, 4) is 11.6 Å². The lowest BCUT2D eigenvalue weighted by Crippen LogP contribution is -2.13. The van der Waals surface area contributed by atoms with Gasteiger partial charge in [0.15, 0.2) is 0 Å². The third kappa shape index (κ3) is 3.07. The van der Waals surface area contributed by atoms with Gasteiger partial charge in [0.2, 0.25) is 11.8 Å². The van der Waals surface area contributed by atoms with Crippen LogP contribution in [0.1, 0.15) is 37.5 Å². The molecule has 0 atom stereocenters. The predicted octanol–water partition coefficient (Wildman–Crippen LogP) is 3.77. The quantitative estimate of drug-likeness (QED) is 0.903. The Kier molecular flexibility index (Phi) is 3.66. The molecule has 4 nitrogen and oxygen atoms in total. The number of hydrogen-bond donors (Lipinski definition) is 1. The second-order valence-corrected chi connectivity index (χ2v) is 6.07. The summed E-state index contributed by atoms with van der Waals surface area (Å²) < 4.78 is 6.00. The number of ether oxygens (including phenoxy) is 1. The van der Waals surface area contributed by atoms with E-state index in [9.17, 15) is 0 Å². The van der Waals surface area contributed by atoms with Crippen LogP contribution >= 0.6 is 0 Å². The van der Waals surface area contributed by atoms with Gasteiger partial charge < -0.3 is 10.5 Å². The average Bonchev–Trinajstić information content (AvgIpc) is 2.32. The van der Waals surface area contributed by atoms with Crippen molar-refractivity contribution < 1.29 is 4.74 Å². The molecule has 0 aliphatic carbocycles. The Morgan fingerprint density at radius 1 is 1.15 bits per heavy atom. The van der Waals surface area contributed by atoms with Crippen LogP contribution in [-0.4, -0.2) is 9.97 Å². The average molecular weight is 271 g/mol. The Bertz CT molecular complexity index is 630. The summed E-state index contributed by atoms with van der Waals surface area (Å²) in [4.78, 5) is 8.12. The van der Waals surface area contributed by atoms with Crippen LogP contribution in [0.2, 0.25) is 0 Å². The van der Waals surface area contributed by atoms with Gasteiger partial charge in [0.1, 0.15) is 5.75 Å². The zero-order chi connectivity index (χ0) is 14.9. The van der Waals surface area contributed by atoms with E-state index in [1.807, 2.05) is 19.9 Å². The summed E-state index contributed by atoms with van der Waals surface area (Å²) in [5.41, 5.74) is 8.77. The number of benzene rings is 1. The maximum atomic E-state index is 6.00. The van der Waals surface area contributed by atoms with Crippen molar-refractivity contribution in [1.29, 1.82) is 0 Å². The Morgan fingerprint density at radius 2 is 1.85 bits per heavy atom. The van der Waals surface area contributed by atoms with Crippen molar-refractivity contribution in [2.75, 3.05) is 5.73 Å². The largest absolute Gasteiger partial charge is 0.438 e. The number of aryl methyl sites for hydroxylation is 2. The van der Waals surface area contributed by atoms with Crippen molar-refractivity contribution in [2.45, 2.75) is 40.0 Å². The summed E-state index contributed by atoms with van der Waals surface area (Å²) in [7, 11) is 0. The lowest BCUT2D eigenvalue weighted by molar-refractivity contribution is 0.436. The van der Waals surface area contributed by atoms with Gasteiger partial charge in [-0.15, -0.1) is 0 Å². The summed E-state index contributed by atoms with van der Waals surface area (Å²) in [6.45, 7) is 10.4. The first-order valence-electron chi connectivity index (χ1n) is 6.65. The molecule has 1 aromatic heterocycles. The first-order chi connectivity index (χ1) is 9.27. The van der Waals surface area contributed by atoms with Gasteiger partial charge >= 0.3 is 0 Å². The van der Waals surface area contributed by atoms with Gasteiger partial charge in [-0.3, -0.25) is 0 Å². The molecule has 0 aliphatic rings. The number of nitrogens with zero attached hydrogens (tertiary/aromatic N) is 2. The van der Waals surface area contributed by atoms with Crippen molar-refractivity contribution in [2.24, 2.45) is 0 Å². The highest BCUT2D eigenvalue weighted by Gasteiger charge is 2.20. The number of rotatable bonds is 2. The predicted molar refractivity (Wildman–Crippen MR) is 81.1 cm³/mol. The number of nitrogens with two attached hydrogens (primary N) is 1. The van der Waals surface area contributed by atoms with Gasteiger partial charge in [-0.1, -0.05) is 32.9 Å². The van der Waals surface area contributed by atoms with E-state index >= 15 is 0 Å². The molecule has 1 aromatic carbocycles. The summed E-state index contributed by atoms with van der Waals surface area (Å²) in [6.07, 6.45) is 1.67. The van der Waals surface area contributed by atoms with Crippen LogP contribution in [0, 0.1) is 13.8 Å². The normalized spacial score (nSPS) is 11.4. The van der Waals surface area contributed by atoms with Crippen LogP contribution in [0.15, 0.2) is 24.4 Å². The van der Waals surface area contributed by atoms with E-state index in [2.05, 4.69) is 42.9 Å². The monoisotopic (exact) mass is 271 g/mol. The molecule has 0 saturated heterocycles. The van der Waals surface area contributed by atoms with Gasteiger partial charge in [-0.25, -0.2) is 4.98 Å². The summed E-state index contributed by atoms with van der Waals surface area (Å²) in [5, 5.41) is 0. The summed E-state index contributed by atoms with van der Waals surface area (Å²) >= 11 is 0. The molecule has 0 radical (unpaired) electrons. The molecule has 0 fully saturated rings. The van der Waals surface area contributed by atoms with Crippen LogP contribution in [-0.2, 0) is 5.41 Å². The van der Waals surface area contributed by atoms with Crippen LogP contribution in [0.5, 0.6) is 11.6 Å². The lowest BCUT2D eigenvalue weighted by Gasteiger charge is -2.23. The van der Waals surface area contributed by atoms with Gasteiger partial charge in [-0.2, -0.15) is 4.98 Å². The van der Waals surface area contributed by atoms with Gasteiger partial charge in [0, 0.05) is 17.3 Å². The maximum absolute atomic E-state index is 6.00. The smallest absolute Gasteiger partial charge is 0.226 e. The van der Waals surface area contributed by atoms with E-state index in [0.717, 1.165) is 22.4 Å². The molecule has 20 heavy (non-hydrogen) atoms. The number of anilines is 1. The van der Waals surface area contributed by atoms with Crippen molar-refractivity contribution in [3.05, 3.63) is 41.1 Å². The SMILES string of the molecule is Cc1ccc(C(C)(C)C)c(Oc2nc(N)ncc2C)c1. The molecule has 0 amide bonds. The number of nitrogen functional groups attached to an aromatic ring is 1. The van der Waals surface area contributed by atoms with E-state index in [1.54, 1.807) is 6.20 Å². The summed E-state index contributed by atoms with van der Waals surface area (Å²) in [5.74, 6) is 1.54. The van der Waals surface area contributed by atoms with E-state index in [-0.39, 0.29) is 11.4 Å². The van der Waals surface area contributed by atoms with E-state index < -0.39 is 0 Å². The van der Waals surface area contributed by atoms with Gasteiger partial charge in [0.05, 0.1) is 0 Å². The minimum absolute atomic E-state index is 0.00445. The van der Waals surface area contributed by atoms with Crippen molar-refractivity contribution in [3.63, 3.8) is 0 Å². The van der Waals surface area contributed by atoms with Crippen molar-refractivity contribution >= 4 is 5.95 Å². The second-order valence-electron chi connectivity index (χ2n) is 6.07. The van der Waals surface area contributed by atoms with Gasteiger partial charge in [0.25, 0.3) is 0 Å². The molecule has 0 unspecified atom stereocenters. The maximum Gasteiger partial charge on any atom is 0.226 e. The molecule has 0 aliphatic heterocycles. The lowest BCUT2D eigenvalue weighted by atomic mass is 9.86. The Morgan fingerprint density at radius 3 is 2.50 bits per heavy atom. The molecule has 2 aromatic rings.